The highest BCUT2D eigenvalue weighted by atomic mass is 35.5. The van der Waals surface area contributed by atoms with Gasteiger partial charge in [0.2, 0.25) is 0 Å². The van der Waals surface area contributed by atoms with Gasteiger partial charge in [0.15, 0.2) is 0 Å². The zero-order valence-electron chi connectivity index (χ0n) is 18.4. The van der Waals surface area contributed by atoms with Crippen LogP contribution in [0.2, 0.25) is 5.02 Å². The molecule has 0 unspecified atom stereocenters. The molecule has 0 bridgehead atoms. The van der Waals surface area contributed by atoms with Gasteiger partial charge >= 0.3 is 5.97 Å². The van der Waals surface area contributed by atoms with Crippen molar-refractivity contribution in [2.24, 2.45) is 0 Å². The number of rotatable bonds is 8. The van der Waals surface area contributed by atoms with Crippen molar-refractivity contribution in [2.45, 2.75) is 33.0 Å². The first kappa shape index (κ1) is 22.1. The molecule has 0 atom stereocenters. The van der Waals surface area contributed by atoms with Crippen molar-refractivity contribution in [2.75, 3.05) is 13.6 Å². The van der Waals surface area contributed by atoms with Gasteiger partial charge in [-0.1, -0.05) is 29.8 Å². The molecule has 2 aromatic carbocycles. The van der Waals surface area contributed by atoms with E-state index in [1.165, 1.54) is 0 Å². The summed E-state index contributed by atoms with van der Waals surface area (Å²) in [5.41, 5.74) is 2.90. The van der Waals surface area contributed by atoms with E-state index in [4.69, 9.17) is 21.4 Å². The molecule has 0 aliphatic rings. The third-order valence-electron chi connectivity index (χ3n) is 5.37. The third-order valence-corrected chi connectivity index (χ3v) is 5.67. The predicted molar refractivity (Wildman–Crippen MR) is 127 cm³/mol. The molecule has 1 N–H and O–H groups in total. The van der Waals surface area contributed by atoms with Crippen molar-refractivity contribution in [1.82, 2.24) is 14.5 Å². The number of carboxylic acid groups (broad SMARTS) is 1. The number of aliphatic carboxylic acids is 1. The molecular formula is C25H26ClN3O3. The lowest BCUT2D eigenvalue weighted by atomic mass is 10.1. The van der Waals surface area contributed by atoms with Crippen LogP contribution in [0.15, 0.2) is 54.9 Å². The van der Waals surface area contributed by atoms with Crippen molar-refractivity contribution >= 4 is 39.4 Å². The molecular weight excluding hydrogens is 426 g/mol. The first-order valence-corrected chi connectivity index (χ1v) is 10.9. The fourth-order valence-corrected chi connectivity index (χ4v) is 4.08. The van der Waals surface area contributed by atoms with E-state index in [1.807, 2.05) is 48.8 Å². The van der Waals surface area contributed by atoms with Crippen LogP contribution in [0.5, 0.6) is 5.75 Å². The van der Waals surface area contributed by atoms with Gasteiger partial charge in [0.1, 0.15) is 18.0 Å². The summed E-state index contributed by atoms with van der Waals surface area (Å²) in [6.07, 6.45) is 3.75. The number of hydrogen-bond donors (Lipinski definition) is 1. The number of pyridine rings is 1. The number of carbonyl (C=O) groups is 1. The van der Waals surface area contributed by atoms with Crippen molar-refractivity contribution in [1.29, 1.82) is 0 Å². The summed E-state index contributed by atoms with van der Waals surface area (Å²) in [5.74, 6) is -0.0524. The number of likely N-dealkylation sites (N-methyl/N-ethyl adjacent to an activating group) is 1. The van der Waals surface area contributed by atoms with Gasteiger partial charge in [0.25, 0.3) is 0 Å². The molecule has 4 rings (SSSR count). The van der Waals surface area contributed by atoms with Crippen LogP contribution < -0.4 is 4.74 Å². The van der Waals surface area contributed by atoms with E-state index in [0.717, 1.165) is 38.7 Å². The molecule has 0 fully saturated rings. The van der Waals surface area contributed by atoms with Gasteiger partial charge in [-0.2, -0.15) is 0 Å². The summed E-state index contributed by atoms with van der Waals surface area (Å²) in [7, 11) is 1.80. The van der Waals surface area contributed by atoms with Crippen molar-refractivity contribution in [3.8, 4) is 5.75 Å². The van der Waals surface area contributed by atoms with Gasteiger partial charge in [-0.15, -0.1) is 0 Å². The maximum absolute atomic E-state index is 10.9. The lowest BCUT2D eigenvalue weighted by Crippen LogP contribution is -2.25. The van der Waals surface area contributed by atoms with E-state index < -0.39 is 5.97 Å². The van der Waals surface area contributed by atoms with Crippen LogP contribution >= 0.6 is 11.6 Å². The molecule has 32 heavy (non-hydrogen) atoms. The first-order valence-electron chi connectivity index (χ1n) is 10.5. The lowest BCUT2D eigenvalue weighted by Gasteiger charge is -2.14. The molecule has 6 nitrogen and oxygen atoms in total. The summed E-state index contributed by atoms with van der Waals surface area (Å²) in [6.45, 7) is 5.20. The lowest BCUT2D eigenvalue weighted by molar-refractivity contribution is -0.138. The minimum atomic E-state index is -0.829. The van der Waals surface area contributed by atoms with Gasteiger partial charge < -0.3 is 14.4 Å². The number of nitrogens with zero attached hydrogens (tertiary/aromatic N) is 3. The van der Waals surface area contributed by atoms with E-state index in [1.54, 1.807) is 11.9 Å². The molecule has 4 aromatic rings. The standard InChI is InChI=1S/C25H26ClN3O3/c1-16(2)29-13-23(26)22-9-18(11-27-25(22)29)15-32-21-7-6-19-8-17(4-5-20(19)10-21)12-28(3)14-24(30)31/h4-11,13,16H,12,14-15H2,1-3H3,(H,30,31). The van der Waals surface area contributed by atoms with Gasteiger partial charge in [0, 0.05) is 35.9 Å². The van der Waals surface area contributed by atoms with E-state index in [0.29, 0.717) is 18.2 Å². The Kier molecular flexibility index (Phi) is 6.35. The Balaban J connectivity index is 1.47. The Bertz CT molecular complexity index is 1280. The molecule has 0 aliphatic heterocycles. The van der Waals surface area contributed by atoms with E-state index in [2.05, 4.69) is 29.5 Å². The van der Waals surface area contributed by atoms with Crippen LogP contribution in [0.3, 0.4) is 0 Å². The number of fused-ring (bicyclic) bond motifs is 2. The van der Waals surface area contributed by atoms with E-state index >= 15 is 0 Å². The minimum Gasteiger partial charge on any atom is -0.489 e. The van der Waals surface area contributed by atoms with Gasteiger partial charge in [0.05, 0.1) is 11.6 Å². The normalized spacial score (nSPS) is 11.7. The Morgan fingerprint density at radius 2 is 1.91 bits per heavy atom. The molecule has 2 heterocycles. The fourth-order valence-electron chi connectivity index (χ4n) is 3.83. The monoisotopic (exact) mass is 451 g/mol. The Labute approximate surface area is 192 Å². The molecule has 0 saturated heterocycles. The van der Waals surface area contributed by atoms with Crippen LogP contribution in [-0.4, -0.2) is 39.1 Å². The molecule has 0 saturated carbocycles. The highest BCUT2D eigenvalue weighted by Gasteiger charge is 2.12. The van der Waals surface area contributed by atoms with Crippen molar-refractivity contribution in [3.05, 3.63) is 71.0 Å². The van der Waals surface area contributed by atoms with Gasteiger partial charge in [-0.25, -0.2) is 4.98 Å². The number of aromatic nitrogens is 2. The summed E-state index contributed by atoms with van der Waals surface area (Å²) in [6, 6.07) is 14.4. The van der Waals surface area contributed by atoms with Gasteiger partial charge in [-0.3, -0.25) is 9.69 Å². The average molecular weight is 452 g/mol. The Morgan fingerprint density at radius 1 is 1.16 bits per heavy atom. The molecule has 2 aromatic heterocycles. The quantitative estimate of drug-likeness (QED) is 0.382. The maximum Gasteiger partial charge on any atom is 0.317 e. The number of ether oxygens (including phenoxy) is 1. The molecule has 166 valence electrons. The van der Waals surface area contributed by atoms with Crippen molar-refractivity contribution in [3.63, 3.8) is 0 Å². The summed E-state index contributed by atoms with van der Waals surface area (Å²) >= 11 is 6.41. The summed E-state index contributed by atoms with van der Waals surface area (Å²) in [4.78, 5) is 17.2. The van der Waals surface area contributed by atoms with E-state index in [9.17, 15) is 4.79 Å². The van der Waals surface area contributed by atoms with Crippen molar-refractivity contribution < 1.29 is 14.6 Å². The second-order valence-electron chi connectivity index (χ2n) is 8.39. The van der Waals surface area contributed by atoms with E-state index in [-0.39, 0.29) is 12.6 Å². The fraction of sp³-hybridized carbons (Fsp3) is 0.280. The molecule has 0 radical (unpaired) electrons. The Morgan fingerprint density at radius 3 is 2.66 bits per heavy atom. The van der Waals surface area contributed by atoms with Gasteiger partial charge in [-0.05, 0) is 61.5 Å². The summed E-state index contributed by atoms with van der Waals surface area (Å²) < 4.78 is 8.09. The van der Waals surface area contributed by atoms with Crippen LogP contribution in [0.25, 0.3) is 21.8 Å². The van der Waals surface area contributed by atoms with Crippen LogP contribution in [0.4, 0.5) is 0 Å². The largest absolute Gasteiger partial charge is 0.489 e. The Hall–Kier alpha value is -3.09. The second-order valence-corrected chi connectivity index (χ2v) is 8.80. The molecule has 0 amide bonds. The molecule has 0 spiro atoms. The summed E-state index contributed by atoms with van der Waals surface area (Å²) in [5, 5.41) is 12.7. The number of halogens is 1. The number of carboxylic acids is 1. The van der Waals surface area contributed by atoms with Crippen LogP contribution in [0.1, 0.15) is 31.0 Å². The zero-order valence-corrected chi connectivity index (χ0v) is 19.1. The maximum atomic E-state index is 10.9. The van der Waals surface area contributed by atoms with Crippen LogP contribution in [-0.2, 0) is 17.9 Å². The first-order chi connectivity index (χ1) is 15.3. The number of benzene rings is 2. The smallest absolute Gasteiger partial charge is 0.317 e. The minimum absolute atomic E-state index is 0.0128. The van der Waals surface area contributed by atoms with Crippen LogP contribution in [0, 0.1) is 0 Å². The highest BCUT2D eigenvalue weighted by molar-refractivity contribution is 6.35. The SMILES string of the molecule is CC(C)n1cc(Cl)c2cc(COc3ccc4cc(CN(C)CC(=O)O)ccc4c3)cnc21. The molecule has 7 heteroatoms. The molecule has 0 aliphatic carbocycles. The second kappa shape index (κ2) is 9.18. The third kappa shape index (κ3) is 4.87. The number of hydrogen-bond acceptors (Lipinski definition) is 4. The topological polar surface area (TPSA) is 67.6 Å². The highest BCUT2D eigenvalue weighted by Crippen LogP contribution is 2.28. The predicted octanol–water partition coefficient (Wildman–Crippen LogP) is 5.52. The zero-order chi connectivity index (χ0) is 22.8. The average Bonchev–Trinajstić information content (AvgIpc) is 3.08.